The first-order valence-corrected chi connectivity index (χ1v) is 9.40. The van der Waals surface area contributed by atoms with Crippen LogP contribution in [0.2, 0.25) is 0 Å². The summed E-state index contributed by atoms with van der Waals surface area (Å²) in [7, 11) is 0. The standard InChI is InChI=1S/C20H25N5O2/c1-3-5-6-9-27-16-7-8-17-18(12-16)21-13-22-20(17)23-19-11-14(24-25-19)10-15(26)4-2/h7-8,11-13H,3-6,9-10H2,1-2H3,(H2,21,22,23,24,25). The van der Waals surface area contributed by atoms with E-state index >= 15 is 0 Å². The van der Waals surface area contributed by atoms with Gasteiger partial charge in [-0.05, 0) is 18.6 Å². The zero-order valence-corrected chi connectivity index (χ0v) is 15.8. The number of rotatable bonds is 10. The summed E-state index contributed by atoms with van der Waals surface area (Å²) in [5.41, 5.74) is 1.59. The van der Waals surface area contributed by atoms with Crippen LogP contribution in [0.1, 0.15) is 45.2 Å². The van der Waals surface area contributed by atoms with Crippen LogP contribution in [0.3, 0.4) is 0 Å². The number of anilines is 2. The number of hydrogen-bond acceptors (Lipinski definition) is 6. The molecule has 27 heavy (non-hydrogen) atoms. The fourth-order valence-electron chi connectivity index (χ4n) is 2.74. The van der Waals surface area contributed by atoms with Gasteiger partial charge in [0.25, 0.3) is 0 Å². The Morgan fingerprint density at radius 1 is 1.19 bits per heavy atom. The van der Waals surface area contributed by atoms with Crippen LogP contribution in [0, 0.1) is 0 Å². The molecule has 0 unspecified atom stereocenters. The van der Waals surface area contributed by atoms with E-state index < -0.39 is 0 Å². The van der Waals surface area contributed by atoms with Crippen molar-refractivity contribution >= 4 is 28.3 Å². The van der Waals surface area contributed by atoms with Crippen LogP contribution in [-0.2, 0) is 11.2 Å². The summed E-state index contributed by atoms with van der Waals surface area (Å²) in [5, 5.41) is 11.2. The predicted octanol–water partition coefficient (Wildman–Crippen LogP) is 4.19. The summed E-state index contributed by atoms with van der Waals surface area (Å²) < 4.78 is 5.80. The van der Waals surface area contributed by atoms with Crippen molar-refractivity contribution < 1.29 is 9.53 Å². The highest BCUT2D eigenvalue weighted by atomic mass is 16.5. The average Bonchev–Trinajstić information content (AvgIpc) is 3.12. The van der Waals surface area contributed by atoms with E-state index in [0.29, 0.717) is 31.1 Å². The molecule has 0 amide bonds. The van der Waals surface area contributed by atoms with Crippen molar-refractivity contribution in [2.24, 2.45) is 0 Å². The summed E-state index contributed by atoms with van der Waals surface area (Å²) in [4.78, 5) is 20.2. The molecule has 3 aromatic rings. The number of carbonyl (C=O) groups excluding carboxylic acids is 1. The normalized spacial score (nSPS) is 10.9. The maximum absolute atomic E-state index is 11.6. The number of aromatic nitrogens is 4. The Kier molecular flexibility index (Phi) is 6.35. The number of H-pyrrole nitrogens is 1. The zero-order valence-electron chi connectivity index (χ0n) is 15.8. The molecular weight excluding hydrogens is 342 g/mol. The average molecular weight is 367 g/mol. The van der Waals surface area contributed by atoms with Gasteiger partial charge in [-0.25, -0.2) is 9.97 Å². The molecule has 0 bridgehead atoms. The van der Waals surface area contributed by atoms with Gasteiger partial charge in [-0.3, -0.25) is 9.89 Å². The van der Waals surface area contributed by atoms with E-state index in [9.17, 15) is 4.79 Å². The highest BCUT2D eigenvalue weighted by Crippen LogP contribution is 2.26. The Hall–Kier alpha value is -2.96. The van der Waals surface area contributed by atoms with Crippen molar-refractivity contribution in [1.29, 1.82) is 0 Å². The number of benzene rings is 1. The SMILES string of the molecule is CCCCCOc1ccc2c(Nc3cc(CC(=O)CC)[nH]n3)ncnc2c1. The van der Waals surface area contributed by atoms with Crippen LogP contribution >= 0.6 is 0 Å². The summed E-state index contributed by atoms with van der Waals surface area (Å²) in [6.45, 7) is 4.74. The lowest BCUT2D eigenvalue weighted by atomic mass is 10.2. The molecule has 2 heterocycles. The Bertz CT molecular complexity index is 906. The zero-order chi connectivity index (χ0) is 19.1. The molecule has 0 spiro atoms. The Balaban J connectivity index is 1.72. The quantitative estimate of drug-likeness (QED) is 0.522. The lowest BCUT2D eigenvalue weighted by Gasteiger charge is -2.09. The maximum Gasteiger partial charge on any atom is 0.153 e. The minimum absolute atomic E-state index is 0.171. The number of fused-ring (bicyclic) bond motifs is 1. The first kappa shape index (κ1) is 18.8. The fourth-order valence-corrected chi connectivity index (χ4v) is 2.74. The number of ether oxygens (including phenoxy) is 1. The maximum atomic E-state index is 11.6. The molecule has 2 aromatic heterocycles. The van der Waals surface area contributed by atoms with Crippen molar-refractivity contribution in [2.75, 3.05) is 11.9 Å². The van der Waals surface area contributed by atoms with Crippen LogP contribution in [0.5, 0.6) is 5.75 Å². The van der Waals surface area contributed by atoms with Crippen molar-refractivity contribution in [3.05, 3.63) is 36.3 Å². The van der Waals surface area contributed by atoms with Gasteiger partial charge in [-0.2, -0.15) is 5.10 Å². The van der Waals surface area contributed by atoms with E-state index in [1.807, 2.05) is 31.2 Å². The molecule has 7 heteroatoms. The van der Waals surface area contributed by atoms with Crippen molar-refractivity contribution in [1.82, 2.24) is 20.2 Å². The number of aromatic amines is 1. The smallest absolute Gasteiger partial charge is 0.153 e. The van der Waals surface area contributed by atoms with Crippen molar-refractivity contribution in [3.63, 3.8) is 0 Å². The van der Waals surface area contributed by atoms with Gasteiger partial charge in [0.05, 0.1) is 12.1 Å². The number of nitrogens with zero attached hydrogens (tertiary/aromatic N) is 3. The van der Waals surface area contributed by atoms with E-state index in [2.05, 4.69) is 32.4 Å². The Morgan fingerprint density at radius 3 is 2.89 bits per heavy atom. The monoisotopic (exact) mass is 367 g/mol. The van der Waals surface area contributed by atoms with Gasteiger partial charge in [0.1, 0.15) is 23.7 Å². The molecular formula is C20H25N5O2. The number of ketones is 1. The first-order chi connectivity index (χ1) is 13.2. The Morgan fingerprint density at radius 2 is 2.07 bits per heavy atom. The lowest BCUT2D eigenvalue weighted by Crippen LogP contribution is -2.00. The largest absolute Gasteiger partial charge is 0.494 e. The second-order valence-electron chi connectivity index (χ2n) is 6.43. The van der Waals surface area contributed by atoms with Gasteiger partial charge in [-0.15, -0.1) is 0 Å². The van der Waals surface area contributed by atoms with Crippen LogP contribution in [0.25, 0.3) is 10.9 Å². The number of hydrogen-bond donors (Lipinski definition) is 2. The molecule has 3 rings (SSSR count). The molecule has 142 valence electrons. The molecule has 0 aliphatic heterocycles. The minimum atomic E-state index is 0.171. The first-order valence-electron chi connectivity index (χ1n) is 9.40. The summed E-state index contributed by atoms with van der Waals surface area (Å²) >= 11 is 0. The van der Waals surface area contributed by atoms with E-state index in [1.54, 1.807) is 0 Å². The molecule has 0 atom stereocenters. The summed E-state index contributed by atoms with van der Waals surface area (Å²) in [6.07, 6.45) is 5.77. The summed E-state index contributed by atoms with van der Waals surface area (Å²) in [5.74, 6) is 2.26. The molecule has 0 fully saturated rings. The molecule has 0 saturated carbocycles. The van der Waals surface area contributed by atoms with E-state index in [1.165, 1.54) is 19.2 Å². The van der Waals surface area contributed by atoms with E-state index in [-0.39, 0.29) is 5.78 Å². The van der Waals surface area contributed by atoms with Gasteiger partial charge < -0.3 is 10.1 Å². The van der Waals surface area contributed by atoms with Crippen molar-refractivity contribution in [3.8, 4) is 5.75 Å². The second kappa shape index (κ2) is 9.12. The van der Waals surface area contributed by atoms with Gasteiger partial charge in [0.2, 0.25) is 0 Å². The number of nitrogens with one attached hydrogen (secondary N) is 2. The van der Waals surface area contributed by atoms with Gasteiger partial charge in [0, 0.05) is 36.1 Å². The number of carbonyl (C=O) groups is 1. The van der Waals surface area contributed by atoms with Gasteiger partial charge >= 0.3 is 0 Å². The molecule has 7 nitrogen and oxygen atoms in total. The van der Waals surface area contributed by atoms with Crippen LogP contribution in [0.15, 0.2) is 30.6 Å². The molecule has 0 aliphatic carbocycles. The highest BCUT2D eigenvalue weighted by Gasteiger charge is 2.09. The third-order valence-electron chi connectivity index (χ3n) is 4.28. The van der Waals surface area contributed by atoms with Gasteiger partial charge in [-0.1, -0.05) is 26.7 Å². The predicted molar refractivity (Wildman–Crippen MR) is 105 cm³/mol. The molecule has 1 aromatic carbocycles. The van der Waals surface area contributed by atoms with Crippen molar-refractivity contribution in [2.45, 2.75) is 46.0 Å². The van der Waals surface area contributed by atoms with Gasteiger partial charge in [0.15, 0.2) is 5.82 Å². The number of Topliss-reactive ketones (excluding diaryl/α,β-unsaturated/α-hetero) is 1. The fraction of sp³-hybridized carbons (Fsp3) is 0.400. The van der Waals surface area contributed by atoms with E-state index in [0.717, 1.165) is 28.8 Å². The molecule has 2 N–H and O–H groups in total. The molecule has 0 saturated heterocycles. The second-order valence-corrected chi connectivity index (χ2v) is 6.43. The Labute approximate surface area is 158 Å². The third-order valence-corrected chi connectivity index (χ3v) is 4.28. The summed E-state index contributed by atoms with van der Waals surface area (Å²) in [6, 6.07) is 7.62. The topological polar surface area (TPSA) is 92.8 Å². The van der Waals surface area contributed by atoms with E-state index in [4.69, 9.17) is 4.74 Å². The minimum Gasteiger partial charge on any atom is -0.494 e. The molecule has 0 aliphatic rings. The molecule has 0 radical (unpaired) electrons. The third kappa shape index (κ3) is 5.03. The van der Waals surface area contributed by atoms with Crippen LogP contribution < -0.4 is 10.1 Å². The highest BCUT2D eigenvalue weighted by molar-refractivity contribution is 5.91. The number of unbranched alkanes of at least 4 members (excludes halogenated alkanes) is 2. The van der Waals surface area contributed by atoms with Crippen LogP contribution in [-0.4, -0.2) is 32.6 Å². The lowest BCUT2D eigenvalue weighted by molar-refractivity contribution is -0.118. The van der Waals surface area contributed by atoms with Crippen LogP contribution in [0.4, 0.5) is 11.6 Å².